The van der Waals surface area contributed by atoms with Crippen molar-refractivity contribution in [3.63, 3.8) is 0 Å². The highest BCUT2D eigenvalue weighted by atomic mass is 19.1. The van der Waals surface area contributed by atoms with Crippen molar-refractivity contribution in [2.75, 3.05) is 0 Å². The van der Waals surface area contributed by atoms with Gasteiger partial charge in [-0.3, -0.25) is 9.59 Å². The Kier molecular flexibility index (Phi) is 7.50. The Bertz CT molecular complexity index is 1030. The number of benzene rings is 1. The SMILES string of the molecule is C[C@H]1[C@@H]2[C@@H](O)C([C@H](C)C(=O)NCc3ccc(F)cc3)CC[C@@]2(C)CC[C@@H]1NC(=O)c1cncnc1. The second-order valence-corrected chi connectivity index (χ2v) is 10.6. The van der Waals surface area contributed by atoms with Crippen molar-refractivity contribution < 1.29 is 19.1 Å². The molecular weight excluding hydrogens is 447 g/mol. The van der Waals surface area contributed by atoms with Crippen molar-refractivity contribution in [1.29, 1.82) is 0 Å². The average molecular weight is 483 g/mol. The molecule has 1 aromatic heterocycles. The van der Waals surface area contributed by atoms with Gasteiger partial charge in [0, 0.05) is 30.9 Å². The number of nitrogens with zero attached hydrogens (tertiary/aromatic N) is 2. The van der Waals surface area contributed by atoms with Crippen LogP contribution in [0.2, 0.25) is 0 Å². The zero-order chi connectivity index (χ0) is 25.2. The van der Waals surface area contributed by atoms with Crippen LogP contribution in [0.3, 0.4) is 0 Å². The molecule has 8 heteroatoms. The third-order valence-corrected chi connectivity index (χ3v) is 8.46. The highest BCUT2D eigenvalue weighted by molar-refractivity contribution is 5.93. The molecule has 3 N–H and O–H groups in total. The van der Waals surface area contributed by atoms with Gasteiger partial charge in [-0.25, -0.2) is 14.4 Å². The van der Waals surface area contributed by atoms with E-state index in [4.69, 9.17) is 0 Å². The van der Waals surface area contributed by atoms with Gasteiger partial charge >= 0.3 is 0 Å². The third-order valence-electron chi connectivity index (χ3n) is 8.46. The minimum Gasteiger partial charge on any atom is -0.392 e. The van der Waals surface area contributed by atoms with Crippen molar-refractivity contribution in [2.45, 2.75) is 65.1 Å². The molecule has 2 aliphatic carbocycles. The minimum absolute atomic E-state index is 0.0281. The highest BCUT2D eigenvalue weighted by Crippen LogP contribution is 2.55. The molecule has 0 spiro atoms. The van der Waals surface area contributed by atoms with Gasteiger partial charge in [0.25, 0.3) is 5.91 Å². The standard InChI is InChI=1S/C27H35FN4O3/c1-16(25(34)31-12-18-4-6-20(28)7-5-18)21-8-10-27(3)11-9-22(17(2)23(27)24(21)33)32-26(35)19-13-29-15-30-14-19/h4-7,13-17,21-24,33H,8-12H2,1-3H3,(H,31,34)(H,32,35)/t16-,17+,21?,22-,23+,24-,27-/m0/s1. The first-order valence-corrected chi connectivity index (χ1v) is 12.5. The molecule has 2 aliphatic rings. The fourth-order valence-corrected chi connectivity index (χ4v) is 6.31. The van der Waals surface area contributed by atoms with Crippen molar-refractivity contribution in [1.82, 2.24) is 20.6 Å². The molecule has 0 aliphatic heterocycles. The number of nitrogens with one attached hydrogen (secondary N) is 2. The highest BCUT2D eigenvalue weighted by Gasteiger charge is 2.53. The summed E-state index contributed by atoms with van der Waals surface area (Å²) in [7, 11) is 0. The monoisotopic (exact) mass is 482 g/mol. The summed E-state index contributed by atoms with van der Waals surface area (Å²) < 4.78 is 13.1. The van der Waals surface area contributed by atoms with E-state index in [1.807, 2.05) is 6.92 Å². The fraction of sp³-hybridized carbons (Fsp3) is 0.556. The van der Waals surface area contributed by atoms with Crippen LogP contribution in [0.15, 0.2) is 43.0 Å². The van der Waals surface area contributed by atoms with Gasteiger partial charge in [-0.05, 0) is 66.5 Å². The molecule has 2 saturated carbocycles. The summed E-state index contributed by atoms with van der Waals surface area (Å²) in [5.41, 5.74) is 1.21. The van der Waals surface area contributed by atoms with Gasteiger partial charge in [-0.15, -0.1) is 0 Å². The summed E-state index contributed by atoms with van der Waals surface area (Å²) in [5, 5.41) is 17.6. The first-order chi connectivity index (χ1) is 16.7. The number of carbonyl (C=O) groups is 2. The van der Waals surface area contributed by atoms with E-state index >= 15 is 0 Å². The van der Waals surface area contributed by atoms with Crippen molar-refractivity contribution in [2.24, 2.45) is 29.1 Å². The second kappa shape index (κ2) is 10.4. The molecule has 7 nitrogen and oxygen atoms in total. The van der Waals surface area contributed by atoms with Gasteiger partial charge < -0.3 is 15.7 Å². The lowest BCUT2D eigenvalue weighted by atomic mass is 9.51. The van der Waals surface area contributed by atoms with Crippen LogP contribution < -0.4 is 10.6 Å². The predicted molar refractivity (Wildman–Crippen MR) is 129 cm³/mol. The van der Waals surface area contributed by atoms with Gasteiger partial charge in [0.15, 0.2) is 0 Å². The largest absolute Gasteiger partial charge is 0.392 e. The number of carbonyl (C=O) groups excluding carboxylic acids is 2. The van der Waals surface area contributed by atoms with Crippen LogP contribution in [0.25, 0.3) is 0 Å². The summed E-state index contributed by atoms with van der Waals surface area (Å²) in [4.78, 5) is 33.5. The number of hydrogen-bond donors (Lipinski definition) is 3. The van der Waals surface area contributed by atoms with Gasteiger partial charge in [0.1, 0.15) is 12.1 Å². The molecule has 2 amide bonds. The van der Waals surface area contributed by atoms with E-state index in [2.05, 4.69) is 34.4 Å². The lowest BCUT2D eigenvalue weighted by Crippen LogP contribution is -2.58. The number of aliphatic hydroxyl groups excluding tert-OH is 1. The Balaban J connectivity index is 1.41. The number of amides is 2. The smallest absolute Gasteiger partial charge is 0.254 e. The molecule has 1 heterocycles. The van der Waals surface area contributed by atoms with Crippen LogP contribution in [-0.4, -0.2) is 39.0 Å². The van der Waals surface area contributed by atoms with E-state index in [9.17, 15) is 19.1 Å². The molecule has 0 radical (unpaired) electrons. The summed E-state index contributed by atoms with van der Waals surface area (Å²) in [5.74, 6) is -1.13. The van der Waals surface area contributed by atoms with Crippen LogP contribution in [-0.2, 0) is 11.3 Å². The zero-order valence-corrected chi connectivity index (χ0v) is 20.6. The molecule has 0 bridgehead atoms. The Hall–Kier alpha value is -2.87. The quantitative estimate of drug-likeness (QED) is 0.585. The van der Waals surface area contributed by atoms with Crippen LogP contribution >= 0.6 is 0 Å². The maximum absolute atomic E-state index is 13.1. The lowest BCUT2D eigenvalue weighted by Gasteiger charge is -2.56. The molecule has 35 heavy (non-hydrogen) atoms. The topological polar surface area (TPSA) is 104 Å². The van der Waals surface area contributed by atoms with Crippen molar-refractivity contribution >= 4 is 11.8 Å². The Labute approximate surface area is 206 Å². The fourth-order valence-electron chi connectivity index (χ4n) is 6.31. The first-order valence-electron chi connectivity index (χ1n) is 12.5. The van der Waals surface area contributed by atoms with E-state index in [-0.39, 0.29) is 52.8 Å². The summed E-state index contributed by atoms with van der Waals surface area (Å²) in [6, 6.07) is 5.99. The maximum Gasteiger partial charge on any atom is 0.254 e. The number of aliphatic hydroxyl groups is 1. The zero-order valence-electron chi connectivity index (χ0n) is 20.6. The predicted octanol–water partition coefficient (Wildman–Crippen LogP) is 3.49. The van der Waals surface area contributed by atoms with Crippen LogP contribution in [0, 0.1) is 34.9 Å². The summed E-state index contributed by atoms with van der Waals surface area (Å²) >= 11 is 0. The van der Waals surface area contributed by atoms with Gasteiger partial charge in [-0.2, -0.15) is 0 Å². The van der Waals surface area contributed by atoms with E-state index in [1.165, 1.54) is 30.9 Å². The molecule has 7 atom stereocenters. The van der Waals surface area contributed by atoms with Crippen molar-refractivity contribution in [3.8, 4) is 0 Å². The molecule has 188 valence electrons. The molecular formula is C27H35FN4O3. The number of rotatable bonds is 6. The summed E-state index contributed by atoms with van der Waals surface area (Å²) in [6.45, 7) is 6.52. The molecule has 1 unspecified atom stereocenters. The Morgan fingerprint density at radius 3 is 2.51 bits per heavy atom. The summed E-state index contributed by atoms with van der Waals surface area (Å²) in [6.07, 6.45) is 7.22. The molecule has 2 fully saturated rings. The average Bonchev–Trinajstić information content (AvgIpc) is 2.85. The van der Waals surface area contributed by atoms with Crippen LogP contribution in [0.5, 0.6) is 0 Å². The van der Waals surface area contributed by atoms with Gasteiger partial charge in [0.2, 0.25) is 5.91 Å². The second-order valence-electron chi connectivity index (χ2n) is 10.6. The number of hydrogen-bond acceptors (Lipinski definition) is 5. The minimum atomic E-state index is -0.643. The number of aromatic nitrogens is 2. The van der Waals surface area contributed by atoms with Gasteiger partial charge in [-0.1, -0.05) is 32.9 Å². The third kappa shape index (κ3) is 5.37. The first kappa shape index (κ1) is 25.2. The lowest BCUT2D eigenvalue weighted by molar-refractivity contribution is -0.142. The van der Waals surface area contributed by atoms with E-state index in [1.54, 1.807) is 12.1 Å². The van der Waals surface area contributed by atoms with E-state index in [0.29, 0.717) is 12.1 Å². The Morgan fingerprint density at radius 1 is 1.17 bits per heavy atom. The Morgan fingerprint density at radius 2 is 1.83 bits per heavy atom. The van der Waals surface area contributed by atoms with Crippen molar-refractivity contribution in [3.05, 3.63) is 59.9 Å². The van der Waals surface area contributed by atoms with Crippen LogP contribution in [0.4, 0.5) is 4.39 Å². The molecule has 4 rings (SSSR count). The van der Waals surface area contributed by atoms with Gasteiger partial charge in [0.05, 0.1) is 11.7 Å². The van der Waals surface area contributed by atoms with E-state index in [0.717, 1.165) is 31.2 Å². The molecule has 1 aromatic carbocycles. The number of fused-ring (bicyclic) bond motifs is 1. The maximum atomic E-state index is 13.1. The van der Waals surface area contributed by atoms with E-state index < -0.39 is 6.10 Å². The normalized spacial score (nSPS) is 31.2. The molecule has 2 aromatic rings. The van der Waals surface area contributed by atoms with Crippen LogP contribution in [0.1, 0.15) is 62.4 Å². The molecule has 0 saturated heterocycles. The number of halogens is 1.